The van der Waals surface area contributed by atoms with Crippen molar-refractivity contribution in [3.8, 4) is 11.5 Å². The number of halogens is 1. The third kappa shape index (κ3) is 5.36. The fraction of sp³-hybridized carbons (Fsp3) is 0.417. The van der Waals surface area contributed by atoms with E-state index < -0.39 is 0 Å². The van der Waals surface area contributed by atoms with Crippen LogP contribution in [0, 0.1) is 0 Å². The second-order valence-corrected chi connectivity index (χ2v) is 8.82. The molecule has 0 radical (unpaired) electrons. The molecule has 158 valence electrons. The Bertz CT molecular complexity index is 930. The van der Waals surface area contributed by atoms with E-state index in [1.807, 2.05) is 24.3 Å². The molecule has 1 saturated heterocycles. The van der Waals surface area contributed by atoms with Gasteiger partial charge in [-0.3, -0.25) is 9.80 Å². The Morgan fingerprint density at radius 1 is 1.10 bits per heavy atom. The lowest BCUT2D eigenvalue weighted by molar-refractivity contribution is 0.0815. The highest BCUT2D eigenvalue weighted by Crippen LogP contribution is 2.27. The topological polar surface area (TPSA) is 45.4 Å². The first-order valence-electron chi connectivity index (χ1n) is 10.8. The van der Waals surface area contributed by atoms with Gasteiger partial charge in [-0.2, -0.15) is 0 Å². The molecule has 0 amide bonds. The maximum Gasteiger partial charge on any atom is 0.248 e. The van der Waals surface area contributed by atoms with E-state index in [1.54, 1.807) is 0 Å². The minimum atomic E-state index is 0.515. The highest BCUT2D eigenvalue weighted by atomic mass is 79.9. The van der Waals surface area contributed by atoms with E-state index in [2.05, 4.69) is 73.2 Å². The molecule has 6 heteroatoms. The number of aromatic nitrogens is 2. The monoisotopic (exact) mass is 468 g/mol. The van der Waals surface area contributed by atoms with Crippen LogP contribution in [0.1, 0.15) is 37.6 Å². The van der Waals surface area contributed by atoms with Crippen LogP contribution in [0.3, 0.4) is 0 Å². The molecule has 1 aliphatic rings. The Hall–Kier alpha value is -2.02. The summed E-state index contributed by atoms with van der Waals surface area (Å²) < 4.78 is 7.00. The summed E-state index contributed by atoms with van der Waals surface area (Å²) in [6.07, 6.45) is 3.56. The van der Waals surface area contributed by atoms with Crippen LogP contribution in [-0.2, 0) is 13.1 Å². The number of piperidine rings is 1. The quantitative estimate of drug-likeness (QED) is 0.444. The molecule has 0 N–H and O–H groups in total. The van der Waals surface area contributed by atoms with Gasteiger partial charge in [-0.15, -0.1) is 10.2 Å². The van der Waals surface area contributed by atoms with Crippen molar-refractivity contribution in [2.75, 3.05) is 19.6 Å². The van der Waals surface area contributed by atoms with Gasteiger partial charge in [-0.25, -0.2) is 0 Å². The van der Waals surface area contributed by atoms with Crippen LogP contribution in [0.5, 0.6) is 0 Å². The largest absolute Gasteiger partial charge is 0.419 e. The lowest BCUT2D eigenvalue weighted by atomic mass is 10.0. The second kappa shape index (κ2) is 10.3. The van der Waals surface area contributed by atoms with Crippen molar-refractivity contribution in [2.45, 2.75) is 45.3 Å². The Balaban J connectivity index is 1.43. The number of hydrogen-bond acceptors (Lipinski definition) is 5. The molecule has 0 saturated carbocycles. The minimum Gasteiger partial charge on any atom is -0.419 e. The van der Waals surface area contributed by atoms with Crippen molar-refractivity contribution in [3.05, 3.63) is 70.5 Å². The lowest BCUT2D eigenvalue weighted by Gasteiger charge is -2.39. The van der Waals surface area contributed by atoms with Crippen LogP contribution in [-0.4, -0.2) is 45.7 Å². The average molecular weight is 469 g/mol. The normalized spacial score (nSPS) is 17.5. The van der Waals surface area contributed by atoms with Gasteiger partial charge in [-0.05, 0) is 66.0 Å². The summed E-state index contributed by atoms with van der Waals surface area (Å²) in [4.78, 5) is 5.10. The standard InChI is InChI=1S/C24H29BrN4O/c1-2-14-29(18-23-26-27-24(30-23)21-12-6-7-13-22(21)25)20-11-8-15-28(17-20)16-19-9-4-3-5-10-19/h3-7,9-10,12-13,20H,2,8,11,14-18H2,1H3. The number of likely N-dealkylation sites (tertiary alicyclic amines) is 1. The zero-order chi connectivity index (χ0) is 20.8. The van der Waals surface area contributed by atoms with Crippen molar-refractivity contribution < 1.29 is 4.42 Å². The highest BCUT2D eigenvalue weighted by Gasteiger charge is 2.26. The van der Waals surface area contributed by atoms with Crippen LogP contribution < -0.4 is 0 Å². The maximum absolute atomic E-state index is 6.03. The van der Waals surface area contributed by atoms with E-state index >= 15 is 0 Å². The van der Waals surface area contributed by atoms with Crippen molar-refractivity contribution in [1.82, 2.24) is 20.0 Å². The number of hydrogen-bond donors (Lipinski definition) is 0. The van der Waals surface area contributed by atoms with E-state index in [9.17, 15) is 0 Å². The third-order valence-corrected chi connectivity index (χ3v) is 6.36. The summed E-state index contributed by atoms with van der Waals surface area (Å²) >= 11 is 3.57. The summed E-state index contributed by atoms with van der Waals surface area (Å²) in [5.74, 6) is 1.26. The average Bonchev–Trinajstić information content (AvgIpc) is 3.23. The molecule has 2 heterocycles. The molecule has 2 aromatic carbocycles. The fourth-order valence-electron chi connectivity index (χ4n) is 4.23. The number of benzene rings is 2. The van der Waals surface area contributed by atoms with Gasteiger partial charge in [-0.1, -0.05) is 49.4 Å². The van der Waals surface area contributed by atoms with Gasteiger partial charge in [0.1, 0.15) is 0 Å². The molecule has 4 rings (SSSR count). The zero-order valence-electron chi connectivity index (χ0n) is 17.5. The molecule has 0 spiro atoms. The molecule has 1 aliphatic heterocycles. The molecule has 1 fully saturated rings. The number of nitrogens with zero attached hydrogens (tertiary/aromatic N) is 4. The summed E-state index contributed by atoms with van der Waals surface area (Å²) in [7, 11) is 0. The van der Waals surface area contributed by atoms with Crippen molar-refractivity contribution in [2.24, 2.45) is 0 Å². The summed E-state index contributed by atoms with van der Waals surface area (Å²) in [5.41, 5.74) is 2.32. The van der Waals surface area contributed by atoms with Gasteiger partial charge in [0.2, 0.25) is 11.8 Å². The molecular weight excluding hydrogens is 440 g/mol. The summed E-state index contributed by atoms with van der Waals surface area (Å²) in [6.45, 7) is 7.24. The van der Waals surface area contributed by atoms with Gasteiger partial charge < -0.3 is 4.42 Å². The molecule has 5 nitrogen and oxygen atoms in total. The third-order valence-electron chi connectivity index (χ3n) is 5.67. The Morgan fingerprint density at radius 3 is 2.70 bits per heavy atom. The van der Waals surface area contributed by atoms with E-state index in [-0.39, 0.29) is 0 Å². The highest BCUT2D eigenvalue weighted by molar-refractivity contribution is 9.10. The molecule has 1 atom stereocenters. The molecule has 0 aliphatic carbocycles. The zero-order valence-corrected chi connectivity index (χ0v) is 19.1. The van der Waals surface area contributed by atoms with E-state index in [1.165, 1.54) is 18.4 Å². The van der Waals surface area contributed by atoms with Gasteiger partial charge in [0.15, 0.2) is 0 Å². The molecule has 0 bridgehead atoms. The van der Waals surface area contributed by atoms with E-state index in [4.69, 9.17) is 4.42 Å². The predicted molar refractivity (Wildman–Crippen MR) is 123 cm³/mol. The van der Waals surface area contributed by atoms with Crippen molar-refractivity contribution >= 4 is 15.9 Å². The Labute approximate surface area is 187 Å². The van der Waals surface area contributed by atoms with E-state index in [0.717, 1.165) is 42.6 Å². The molecular formula is C24H29BrN4O. The first kappa shape index (κ1) is 21.2. The summed E-state index contributed by atoms with van der Waals surface area (Å²) in [5, 5.41) is 8.64. The summed E-state index contributed by atoms with van der Waals surface area (Å²) in [6, 6.07) is 19.2. The predicted octanol–water partition coefficient (Wildman–Crippen LogP) is 5.38. The first-order valence-corrected chi connectivity index (χ1v) is 11.6. The van der Waals surface area contributed by atoms with Crippen LogP contribution in [0.25, 0.3) is 11.5 Å². The Morgan fingerprint density at radius 2 is 1.90 bits per heavy atom. The minimum absolute atomic E-state index is 0.515. The van der Waals surface area contributed by atoms with Crippen molar-refractivity contribution in [3.63, 3.8) is 0 Å². The maximum atomic E-state index is 6.03. The van der Waals surface area contributed by atoms with E-state index in [0.29, 0.717) is 24.4 Å². The van der Waals surface area contributed by atoms with Gasteiger partial charge in [0, 0.05) is 23.6 Å². The lowest BCUT2D eigenvalue weighted by Crippen LogP contribution is -2.47. The first-order chi connectivity index (χ1) is 14.7. The Kier molecular flexibility index (Phi) is 7.31. The second-order valence-electron chi connectivity index (χ2n) is 7.97. The van der Waals surface area contributed by atoms with Crippen LogP contribution in [0.2, 0.25) is 0 Å². The smallest absolute Gasteiger partial charge is 0.248 e. The van der Waals surface area contributed by atoms with Gasteiger partial charge >= 0.3 is 0 Å². The molecule has 3 aromatic rings. The van der Waals surface area contributed by atoms with Crippen LogP contribution >= 0.6 is 15.9 Å². The fourth-order valence-corrected chi connectivity index (χ4v) is 4.68. The SMILES string of the molecule is CCCN(Cc1nnc(-c2ccccc2Br)o1)C1CCCN(Cc2ccccc2)C1. The number of rotatable bonds is 8. The molecule has 1 unspecified atom stereocenters. The molecule has 30 heavy (non-hydrogen) atoms. The van der Waals surface area contributed by atoms with Crippen LogP contribution in [0.15, 0.2) is 63.5 Å². The van der Waals surface area contributed by atoms with Crippen molar-refractivity contribution in [1.29, 1.82) is 0 Å². The van der Waals surface area contributed by atoms with Gasteiger partial charge in [0.05, 0.1) is 12.1 Å². The van der Waals surface area contributed by atoms with Crippen LogP contribution in [0.4, 0.5) is 0 Å². The van der Waals surface area contributed by atoms with Gasteiger partial charge in [0.25, 0.3) is 0 Å². The molecule has 1 aromatic heterocycles.